The number of aromatic nitrogens is 3. The second-order valence-corrected chi connectivity index (χ2v) is 5.66. The molecular formula is C15H10BrN5O3. The summed E-state index contributed by atoms with van der Waals surface area (Å²) in [7, 11) is 0. The monoisotopic (exact) mass is 387 g/mol. The fraction of sp³-hybridized carbons (Fsp3) is 0. The summed E-state index contributed by atoms with van der Waals surface area (Å²) in [6.07, 6.45) is 2.89. The van der Waals surface area contributed by atoms with Gasteiger partial charge in [0.05, 0.1) is 10.9 Å². The van der Waals surface area contributed by atoms with Crippen LogP contribution in [-0.2, 0) is 0 Å². The molecule has 0 radical (unpaired) electrons. The zero-order valence-electron chi connectivity index (χ0n) is 12.0. The van der Waals surface area contributed by atoms with Gasteiger partial charge in [-0.2, -0.15) is 5.10 Å². The Bertz CT molecular complexity index is 1000. The van der Waals surface area contributed by atoms with E-state index in [0.717, 1.165) is 0 Å². The molecule has 8 nitrogen and oxygen atoms in total. The molecule has 0 spiro atoms. The van der Waals surface area contributed by atoms with Crippen LogP contribution in [0, 0.1) is 0 Å². The molecule has 0 fully saturated rings. The molecule has 0 aliphatic carbocycles. The van der Waals surface area contributed by atoms with Crippen LogP contribution >= 0.6 is 15.9 Å². The Morgan fingerprint density at radius 1 is 1.04 bits per heavy atom. The predicted octanol–water partition coefficient (Wildman–Crippen LogP) is 1.16. The van der Waals surface area contributed by atoms with Crippen molar-refractivity contribution >= 4 is 38.5 Å². The van der Waals surface area contributed by atoms with E-state index in [2.05, 4.69) is 42.0 Å². The molecule has 9 heteroatoms. The van der Waals surface area contributed by atoms with Gasteiger partial charge in [-0.25, -0.2) is 5.10 Å². The molecule has 0 unspecified atom stereocenters. The van der Waals surface area contributed by atoms with E-state index in [4.69, 9.17) is 0 Å². The quantitative estimate of drug-likeness (QED) is 0.570. The largest absolute Gasteiger partial charge is 0.290 e. The first kappa shape index (κ1) is 15.8. The van der Waals surface area contributed by atoms with Crippen molar-refractivity contribution < 1.29 is 9.59 Å². The molecule has 3 aromatic rings. The predicted molar refractivity (Wildman–Crippen MR) is 89.2 cm³/mol. The Kier molecular flexibility index (Phi) is 4.34. The van der Waals surface area contributed by atoms with Crippen molar-refractivity contribution in [1.82, 2.24) is 26.0 Å². The third-order valence-corrected chi connectivity index (χ3v) is 3.60. The van der Waals surface area contributed by atoms with Crippen molar-refractivity contribution in [3.8, 4) is 0 Å². The zero-order chi connectivity index (χ0) is 17.1. The lowest BCUT2D eigenvalue weighted by Crippen LogP contribution is -2.42. The molecule has 0 aliphatic rings. The molecular weight excluding hydrogens is 378 g/mol. The summed E-state index contributed by atoms with van der Waals surface area (Å²) in [5, 5.41) is 6.73. The summed E-state index contributed by atoms with van der Waals surface area (Å²) in [5.74, 6) is -1.19. The van der Waals surface area contributed by atoms with Crippen molar-refractivity contribution in [2.45, 2.75) is 0 Å². The number of nitrogens with one attached hydrogen (secondary N) is 3. The van der Waals surface area contributed by atoms with Crippen molar-refractivity contribution in [2.24, 2.45) is 0 Å². The number of hydrazine groups is 1. The molecule has 2 heterocycles. The summed E-state index contributed by atoms with van der Waals surface area (Å²) >= 11 is 3.21. The highest BCUT2D eigenvalue weighted by Crippen LogP contribution is 2.12. The lowest BCUT2D eigenvalue weighted by molar-refractivity contribution is 0.0844. The lowest BCUT2D eigenvalue weighted by Gasteiger charge is -2.08. The van der Waals surface area contributed by atoms with E-state index in [9.17, 15) is 14.4 Å². The first-order valence-corrected chi connectivity index (χ1v) is 7.54. The number of carbonyl (C=O) groups excluding carboxylic acids is 2. The van der Waals surface area contributed by atoms with Gasteiger partial charge in [-0.3, -0.25) is 30.2 Å². The number of aromatic amines is 1. The van der Waals surface area contributed by atoms with Gasteiger partial charge in [-0.05, 0) is 28.1 Å². The minimum Gasteiger partial charge on any atom is -0.267 e. The highest BCUT2D eigenvalue weighted by Gasteiger charge is 2.15. The van der Waals surface area contributed by atoms with Gasteiger partial charge in [0, 0.05) is 22.3 Å². The number of benzene rings is 1. The van der Waals surface area contributed by atoms with Gasteiger partial charge in [0.15, 0.2) is 5.69 Å². The Balaban J connectivity index is 1.80. The first-order valence-electron chi connectivity index (χ1n) is 6.75. The van der Waals surface area contributed by atoms with E-state index in [1.165, 1.54) is 12.4 Å². The molecule has 0 atom stereocenters. The number of rotatable bonds is 2. The normalized spacial score (nSPS) is 10.4. The topological polar surface area (TPSA) is 117 Å². The Hall–Kier alpha value is -3.07. The molecule has 0 saturated carbocycles. The van der Waals surface area contributed by atoms with Crippen LogP contribution in [0.1, 0.15) is 20.8 Å². The summed E-state index contributed by atoms with van der Waals surface area (Å²) in [4.78, 5) is 39.8. The van der Waals surface area contributed by atoms with Crippen LogP contribution in [0.3, 0.4) is 0 Å². The number of nitrogens with zero attached hydrogens (tertiary/aromatic N) is 2. The number of halogens is 1. The van der Waals surface area contributed by atoms with Crippen molar-refractivity contribution in [3.63, 3.8) is 0 Å². The summed E-state index contributed by atoms with van der Waals surface area (Å²) in [5.41, 5.74) is 4.40. The number of hydrogen-bond donors (Lipinski definition) is 3. The highest BCUT2D eigenvalue weighted by atomic mass is 79.9. The molecule has 1 aromatic carbocycles. The molecule has 3 rings (SSSR count). The number of H-pyrrole nitrogens is 1. The molecule has 2 amide bonds. The van der Waals surface area contributed by atoms with Gasteiger partial charge < -0.3 is 0 Å². The fourth-order valence-corrected chi connectivity index (χ4v) is 2.43. The smallest absolute Gasteiger partial charge is 0.267 e. The molecule has 24 heavy (non-hydrogen) atoms. The standard InChI is InChI=1S/C15H10BrN5O3/c16-9-5-8(6-17-7-9)13(22)19-21-15(24)12-10-3-1-2-4-11(10)14(23)20-18-12/h1-7H,(H,19,22)(H,20,23)(H,21,24). The molecule has 2 aromatic heterocycles. The van der Waals surface area contributed by atoms with Crippen LogP contribution in [0.4, 0.5) is 0 Å². The second kappa shape index (κ2) is 6.59. The number of hydrogen-bond acceptors (Lipinski definition) is 5. The maximum atomic E-state index is 12.2. The maximum Gasteiger partial charge on any atom is 0.290 e. The highest BCUT2D eigenvalue weighted by molar-refractivity contribution is 9.10. The number of carbonyl (C=O) groups is 2. The lowest BCUT2D eigenvalue weighted by atomic mass is 10.1. The van der Waals surface area contributed by atoms with Crippen LogP contribution in [-0.4, -0.2) is 27.0 Å². The van der Waals surface area contributed by atoms with Gasteiger partial charge in [0.25, 0.3) is 17.4 Å². The fourth-order valence-electron chi connectivity index (χ4n) is 2.07. The van der Waals surface area contributed by atoms with Crippen LogP contribution in [0.15, 0.2) is 52.0 Å². The Morgan fingerprint density at radius 2 is 1.75 bits per heavy atom. The maximum absolute atomic E-state index is 12.2. The molecule has 0 saturated heterocycles. The number of pyridine rings is 1. The van der Waals surface area contributed by atoms with E-state index in [1.807, 2.05) is 0 Å². The van der Waals surface area contributed by atoms with Crippen LogP contribution in [0.25, 0.3) is 10.8 Å². The minimum absolute atomic E-state index is 0.00197. The summed E-state index contributed by atoms with van der Waals surface area (Å²) in [6, 6.07) is 8.11. The van der Waals surface area contributed by atoms with Crippen molar-refractivity contribution in [3.05, 3.63) is 68.8 Å². The average molecular weight is 388 g/mol. The summed E-state index contributed by atoms with van der Waals surface area (Å²) in [6.45, 7) is 0. The van der Waals surface area contributed by atoms with E-state index < -0.39 is 17.4 Å². The van der Waals surface area contributed by atoms with Crippen molar-refractivity contribution in [2.75, 3.05) is 0 Å². The van der Waals surface area contributed by atoms with E-state index in [1.54, 1.807) is 30.3 Å². The van der Waals surface area contributed by atoms with Gasteiger partial charge in [0.1, 0.15) is 0 Å². The summed E-state index contributed by atoms with van der Waals surface area (Å²) < 4.78 is 0.634. The van der Waals surface area contributed by atoms with Crippen LogP contribution in [0.2, 0.25) is 0 Å². The van der Waals surface area contributed by atoms with E-state index >= 15 is 0 Å². The minimum atomic E-state index is -0.654. The van der Waals surface area contributed by atoms with E-state index in [0.29, 0.717) is 15.2 Å². The van der Waals surface area contributed by atoms with Crippen LogP contribution in [0.5, 0.6) is 0 Å². The van der Waals surface area contributed by atoms with Crippen molar-refractivity contribution in [1.29, 1.82) is 0 Å². The first-order chi connectivity index (χ1) is 11.6. The van der Waals surface area contributed by atoms with Gasteiger partial charge in [-0.15, -0.1) is 0 Å². The molecule has 0 aliphatic heterocycles. The zero-order valence-corrected chi connectivity index (χ0v) is 13.6. The van der Waals surface area contributed by atoms with Crippen LogP contribution < -0.4 is 16.4 Å². The Morgan fingerprint density at radius 3 is 2.50 bits per heavy atom. The van der Waals surface area contributed by atoms with E-state index in [-0.39, 0.29) is 11.3 Å². The number of amides is 2. The molecule has 0 bridgehead atoms. The van der Waals surface area contributed by atoms with Gasteiger partial charge >= 0.3 is 0 Å². The third kappa shape index (κ3) is 3.15. The van der Waals surface area contributed by atoms with Gasteiger partial charge in [-0.1, -0.05) is 18.2 Å². The third-order valence-electron chi connectivity index (χ3n) is 3.17. The second-order valence-electron chi connectivity index (χ2n) is 4.75. The number of fused-ring (bicyclic) bond motifs is 1. The van der Waals surface area contributed by atoms with Gasteiger partial charge in [0.2, 0.25) is 0 Å². The Labute approximate surface area is 143 Å². The molecule has 3 N–H and O–H groups in total. The average Bonchev–Trinajstić information content (AvgIpc) is 2.60. The molecule has 120 valence electrons. The SMILES string of the molecule is O=C(NNC(=O)c1n[nH]c(=O)c2ccccc12)c1cncc(Br)c1.